The minimum Gasteiger partial charge on any atom is -0.466 e. The second-order valence-electron chi connectivity index (χ2n) is 5.32. The predicted molar refractivity (Wildman–Crippen MR) is 102 cm³/mol. The molecular formula is C19H40O7. The van der Waals surface area contributed by atoms with E-state index in [0.29, 0.717) is 26.2 Å². The van der Waals surface area contributed by atoms with Gasteiger partial charge in [0.2, 0.25) is 0 Å². The molecule has 0 aromatic heterocycles. The van der Waals surface area contributed by atoms with Crippen LogP contribution < -0.4 is 0 Å². The summed E-state index contributed by atoms with van der Waals surface area (Å²) in [6, 6.07) is 0. The maximum absolute atomic E-state index is 11.0. The van der Waals surface area contributed by atoms with Crippen molar-refractivity contribution < 1.29 is 34.0 Å². The number of aliphatic hydroxyl groups excluding tert-OH is 2. The number of carbonyl (C=O) groups excluding carboxylic acids is 2. The van der Waals surface area contributed by atoms with Crippen LogP contribution in [0.3, 0.4) is 0 Å². The Labute approximate surface area is 159 Å². The number of esters is 1. The molecule has 0 heterocycles. The third kappa shape index (κ3) is 38.5. The molecule has 7 nitrogen and oxygen atoms in total. The first-order valence-electron chi connectivity index (χ1n) is 9.52. The first kappa shape index (κ1) is 29.7. The van der Waals surface area contributed by atoms with E-state index >= 15 is 0 Å². The van der Waals surface area contributed by atoms with E-state index in [1.165, 1.54) is 19.8 Å². The van der Waals surface area contributed by atoms with Crippen LogP contribution in [0.4, 0.5) is 0 Å². The quantitative estimate of drug-likeness (QED) is 0.352. The van der Waals surface area contributed by atoms with Gasteiger partial charge < -0.3 is 29.2 Å². The molecule has 0 aliphatic rings. The number of ether oxygens (including phenoxy) is 3. The summed E-state index contributed by atoms with van der Waals surface area (Å²) >= 11 is 0. The van der Waals surface area contributed by atoms with Gasteiger partial charge in [0, 0.05) is 19.6 Å². The first-order chi connectivity index (χ1) is 12.5. The van der Waals surface area contributed by atoms with Gasteiger partial charge in [-0.1, -0.05) is 26.2 Å². The maximum Gasteiger partial charge on any atom is 0.306 e. The zero-order chi connectivity index (χ0) is 20.5. The molecule has 0 amide bonds. The van der Waals surface area contributed by atoms with E-state index in [1.54, 1.807) is 0 Å². The summed E-state index contributed by atoms with van der Waals surface area (Å²) < 4.78 is 14.4. The van der Waals surface area contributed by atoms with Gasteiger partial charge >= 0.3 is 5.97 Å². The van der Waals surface area contributed by atoms with Crippen molar-refractivity contribution in [2.75, 3.05) is 46.2 Å². The SMILES string of the molecule is CCCCCCOC(=O)CCC(C)=O.CCOCC.OCCOCCO. The van der Waals surface area contributed by atoms with Gasteiger partial charge in [0.05, 0.1) is 39.5 Å². The van der Waals surface area contributed by atoms with E-state index < -0.39 is 0 Å². The Hall–Kier alpha value is -1.02. The molecule has 0 aromatic rings. The van der Waals surface area contributed by atoms with Gasteiger partial charge in [-0.25, -0.2) is 0 Å². The van der Waals surface area contributed by atoms with E-state index in [1.807, 2.05) is 13.8 Å². The van der Waals surface area contributed by atoms with Crippen LogP contribution in [0.15, 0.2) is 0 Å². The van der Waals surface area contributed by atoms with E-state index in [0.717, 1.165) is 26.1 Å². The van der Waals surface area contributed by atoms with Crippen LogP contribution in [0.5, 0.6) is 0 Å². The zero-order valence-electron chi connectivity index (χ0n) is 17.1. The lowest BCUT2D eigenvalue weighted by Crippen LogP contribution is -2.07. The Balaban J connectivity index is -0.000000366. The smallest absolute Gasteiger partial charge is 0.306 e. The molecule has 0 rings (SSSR count). The minimum absolute atomic E-state index is 0.0278. The largest absolute Gasteiger partial charge is 0.466 e. The highest BCUT2D eigenvalue weighted by molar-refractivity contribution is 5.80. The van der Waals surface area contributed by atoms with Gasteiger partial charge in [-0.15, -0.1) is 0 Å². The van der Waals surface area contributed by atoms with Gasteiger partial charge in [0.15, 0.2) is 0 Å². The highest BCUT2D eigenvalue weighted by Crippen LogP contribution is 2.00. The van der Waals surface area contributed by atoms with Crippen molar-refractivity contribution >= 4 is 11.8 Å². The summed E-state index contributed by atoms with van der Waals surface area (Å²) in [5.74, 6) is -0.218. The maximum atomic E-state index is 11.0. The van der Waals surface area contributed by atoms with Gasteiger partial charge in [0.1, 0.15) is 5.78 Å². The van der Waals surface area contributed by atoms with Crippen molar-refractivity contribution in [1.29, 1.82) is 0 Å². The monoisotopic (exact) mass is 380 g/mol. The normalized spacial score (nSPS) is 9.46. The molecule has 0 saturated carbocycles. The number of hydrogen-bond donors (Lipinski definition) is 2. The van der Waals surface area contributed by atoms with Crippen LogP contribution in [0.25, 0.3) is 0 Å². The van der Waals surface area contributed by atoms with E-state index in [2.05, 4.69) is 11.7 Å². The summed E-state index contributed by atoms with van der Waals surface area (Å²) in [6.07, 6.45) is 4.93. The summed E-state index contributed by atoms with van der Waals surface area (Å²) in [7, 11) is 0. The van der Waals surface area contributed by atoms with Crippen LogP contribution in [-0.4, -0.2) is 68.2 Å². The Morgan fingerprint density at radius 3 is 1.73 bits per heavy atom. The van der Waals surface area contributed by atoms with Crippen LogP contribution in [0, 0.1) is 0 Å². The number of hydrogen-bond acceptors (Lipinski definition) is 7. The van der Waals surface area contributed by atoms with Gasteiger partial charge in [0.25, 0.3) is 0 Å². The topological polar surface area (TPSA) is 102 Å². The molecule has 0 spiro atoms. The summed E-state index contributed by atoms with van der Waals surface area (Å²) in [4.78, 5) is 21.6. The third-order valence-corrected chi connectivity index (χ3v) is 2.82. The predicted octanol–water partition coefficient (Wildman–Crippen LogP) is 2.51. The van der Waals surface area contributed by atoms with Crippen molar-refractivity contribution in [2.24, 2.45) is 0 Å². The van der Waals surface area contributed by atoms with Crippen molar-refractivity contribution in [3.8, 4) is 0 Å². The Bertz CT molecular complexity index is 277. The van der Waals surface area contributed by atoms with E-state index in [-0.39, 0.29) is 31.4 Å². The minimum atomic E-state index is -0.253. The summed E-state index contributed by atoms with van der Waals surface area (Å²) in [5, 5.41) is 16.2. The Morgan fingerprint density at radius 2 is 1.35 bits per heavy atom. The number of unbranched alkanes of at least 4 members (excludes halogenated alkanes) is 3. The molecule has 2 N–H and O–H groups in total. The van der Waals surface area contributed by atoms with E-state index in [4.69, 9.17) is 19.7 Å². The summed E-state index contributed by atoms with van der Waals surface area (Å²) in [6.45, 7) is 10.5. The van der Waals surface area contributed by atoms with Crippen LogP contribution in [-0.2, 0) is 23.8 Å². The van der Waals surface area contributed by atoms with Crippen molar-refractivity contribution in [3.05, 3.63) is 0 Å². The standard InChI is InChI=1S/C11H20O3.C4H10O3.C4H10O/c1-3-4-5-6-9-14-11(13)8-7-10(2)12;5-1-3-7-4-2-6;1-3-5-4-2/h3-9H2,1-2H3;5-6H,1-4H2;3-4H2,1-2H3. The molecule has 0 aliphatic heterocycles. The fourth-order valence-electron chi connectivity index (χ4n) is 1.50. The first-order valence-corrected chi connectivity index (χ1v) is 9.52. The Morgan fingerprint density at radius 1 is 0.769 bits per heavy atom. The Kier molecular flexibility index (Phi) is 32.9. The molecule has 0 atom stereocenters. The van der Waals surface area contributed by atoms with Crippen LogP contribution in [0.2, 0.25) is 0 Å². The lowest BCUT2D eigenvalue weighted by Gasteiger charge is -2.03. The number of rotatable bonds is 14. The molecule has 0 bridgehead atoms. The van der Waals surface area contributed by atoms with Crippen molar-refractivity contribution in [1.82, 2.24) is 0 Å². The summed E-state index contributed by atoms with van der Waals surface area (Å²) in [5.41, 5.74) is 0. The fourth-order valence-corrected chi connectivity index (χ4v) is 1.50. The molecule has 0 aromatic carbocycles. The second kappa shape index (κ2) is 28.8. The number of Topliss-reactive ketones (excluding diaryl/α,β-unsaturated/α-hetero) is 1. The number of aliphatic hydroxyl groups is 2. The van der Waals surface area contributed by atoms with Crippen LogP contribution >= 0.6 is 0 Å². The van der Waals surface area contributed by atoms with E-state index in [9.17, 15) is 9.59 Å². The number of ketones is 1. The molecule has 158 valence electrons. The molecule has 0 radical (unpaired) electrons. The molecule has 0 aliphatic carbocycles. The zero-order valence-corrected chi connectivity index (χ0v) is 17.1. The molecule has 26 heavy (non-hydrogen) atoms. The average Bonchev–Trinajstić information content (AvgIpc) is 2.62. The highest BCUT2D eigenvalue weighted by Gasteiger charge is 2.03. The second-order valence-corrected chi connectivity index (χ2v) is 5.32. The highest BCUT2D eigenvalue weighted by atomic mass is 16.5. The lowest BCUT2D eigenvalue weighted by atomic mass is 10.2. The number of carbonyl (C=O) groups is 2. The van der Waals surface area contributed by atoms with Crippen molar-refractivity contribution in [2.45, 2.75) is 66.2 Å². The molecule has 0 fully saturated rings. The van der Waals surface area contributed by atoms with Gasteiger partial charge in [-0.05, 0) is 27.2 Å². The molecule has 0 unspecified atom stereocenters. The van der Waals surface area contributed by atoms with Crippen LogP contribution in [0.1, 0.15) is 66.2 Å². The van der Waals surface area contributed by atoms with Crippen molar-refractivity contribution in [3.63, 3.8) is 0 Å². The molecule has 0 saturated heterocycles. The lowest BCUT2D eigenvalue weighted by molar-refractivity contribution is -0.144. The fraction of sp³-hybridized carbons (Fsp3) is 0.895. The van der Waals surface area contributed by atoms with Gasteiger partial charge in [-0.3, -0.25) is 4.79 Å². The third-order valence-electron chi connectivity index (χ3n) is 2.82. The molecule has 7 heteroatoms. The molecular weight excluding hydrogens is 340 g/mol. The van der Waals surface area contributed by atoms with Gasteiger partial charge in [-0.2, -0.15) is 0 Å². The average molecular weight is 381 g/mol.